The quantitative estimate of drug-likeness (QED) is 0.580. The highest BCUT2D eigenvalue weighted by atomic mass is 35.5. The molecule has 0 unspecified atom stereocenters. The number of halogens is 1. The van der Waals surface area contributed by atoms with Crippen molar-refractivity contribution in [3.05, 3.63) is 36.0 Å². The van der Waals surface area contributed by atoms with Crippen LogP contribution in [0.3, 0.4) is 0 Å². The van der Waals surface area contributed by atoms with Crippen molar-refractivity contribution in [3.63, 3.8) is 0 Å². The summed E-state index contributed by atoms with van der Waals surface area (Å²) in [6.45, 7) is 0. The van der Waals surface area contributed by atoms with Gasteiger partial charge in [-0.3, -0.25) is 0 Å². The second-order valence-corrected chi connectivity index (χ2v) is 3.35. The molecule has 0 atom stereocenters. The maximum absolute atomic E-state index is 8.99. The van der Waals surface area contributed by atoms with Crippen LogP contribution in [0.1, 0.15) is 0 Å². The molecular weight excluding hydrogens is 216 g/mol. The van der Waals surface area contributed by atoms with Gasteiger partial charge in [0.05, 0.1) is 12.5 Å². The summed E-state index contributed by atoms with van der Waals surface area (Å²) in [5.41, 5.74) is 1.64. The number of pyridine rings is 1. The zero-order chi connectivity index (χ0) is 10.8. The Balaban J connectivity index is 2.51. The minimum absolute atomic E-state index is 0.288. The first-order chi connectivity index (χ1) is 7.18. The van der Waals surface area contributed by atoms with E-state index in [0.29, 0.717) is 10.7 Å². The lowest BCUT2D eigenvalue weighted by atomic mass is 9.81. The first-order valence-corrected chi connectivity index (χ1v) is 4.60. The molecule has 0 aliphatic heterocycles. The first-order valence-electron chi connectivity index (χ1n) is 4.22. The second kappa shape index (κ2) is 4.06. The van der Waals surface area contributed by atoms with E-state index in [9.17, 15) is 0 Å². The van der Waals surface area contributed by atoms with E-state index in [1.165, 1.54) is 18.7 Å². The average molecular weight is 223 g/mol. The van der Waals surface area contributed by atoms with Crippen molar-refractivity contribution >= 4 is 24.2 Å². The summed E-state index contributed by atoms with van der Waals surface area (Å²) in [6.07, 6.45) is 4.33. The van der Waals surface area contributed by atoms with Crippen LogP contribution in [0.4, 0.5) is 0 Å². The van der Waals surface area contributed by atoms with Crippen LogP contribution in [-0.2, 0) is 0 Å². The Hall–Kier alpha value is -1.30. The number of furan rings is 1. The fourth-order valence-corrected chi connectivity index (χ4v) is 1.44. The van der Waals surface area contributed by atoms with Crippen molar-refractivity contribution in [2.24, 2.45) is 0 Å². The van der Waals surface area contributed by atoms with Gasteiger partial charge < -0.3 is 14.5 Å². The van der Waals surface area contributed by atoms with Crippen LogP contribution >= 0.6 is 11.6 Å². The predicted molar refractivity (Wildman–Crippen MR) is 56.8 cm³/mol. The zero-order valence-electron chi connectivity index (χ0n) is 7.59. The molecule has 2 heterocycles. The van der Waals surface area contributed by atoms with Gasteiger partial charge in [-0.1, -0.05) is 11.6 Å². The summed E-state index contributed by atoms with van der Waals surface area (Å²) in [5, 5.41) is 18.3. The van der Waals surface area contributed by atoms with Gasteiger partial charge in [0.1, 0.15) is 5.15 Å². The summed E-state index contributed by atoms with van der Waals surface area (Å²) in [4.78, 5) is 3.86. The van der Waals surface area contributed by atoms with Crippen molar-refractivity contribution in [1.82, 2.24) is 4.98 Å². The monoisotopic (exact) mass is 223 g/mol. The summed E-state index contributed by atoms with van der Waals surface area (Å²) >= 11 is 5.88. The highest BCUT2D eigenvalue weighted by Gasteiger charge is 2.15. The first kappa shape index (κ1) is 10.2. The van der Waals surface area contributed by atoms with Crippen molar-refractivity contribution in [3.8, 4) is 11.1 Å². The van der Waals surface area contributed by atoms with Crippen LogP contribution < -0.4 is 5.46 Å². The van der Waals surface area contributed by atoms with Gasteiger partial charge in [-0.25, -0.2) is 4.98 Å². The summed E-state index contributed by atoms with van der Waals surface area (Å²) < 4.78 is 4.91. The fourth-order valence-electron chi connectivity index (χ4n) is 1.23. The maximum Gasteiger partial charge on any atom is 0.490 e. The molecule has 0 aromatic carbocycles. The second-order valence-electron chi connectivity index (χ2n) is 2.99. The summed E-state index contributed by atoms with van der Waals surface area (Å²) in [5.74, 6) is 0. The van der Waals surface area contributed by atoms with E-state index >= 15 is 0 Å². The molecule has 2 aromatic heterocycles. The van der Waals surface area contributed by atoms with Gasteiger partial charge in [-0.15, -0.1) is 0 Å². The van der Waals surface area contributed by atoms with Gasteiger partial charge in [0.25, 0.3) is 0 Å². The minimum Gasteiger partial charge on any atom is -0.472 e. The Labute approximate surface area is 91.3 Å². The topological polar surface area (TPSA) is 66.5 Å². The maximum atomic E-state index is 8.99. The van der Waals surface area contributed by atoms with Crippen molar-refractivity contribution in [2.45, 2.75) is 0 Å². The van der Waals surface area contributed by atoms with Gasteiger partial charge in [0.2, 0.25) is 0 Å². The molecule has 0 saturated heterocycles. The van der Waals surface area contributed by atoms with Crippen LogP contribution in [0.2, 0.25) is 5.15 Å². The lowest BCUT2D eigenvalue weighted by molar-refractivity contribution is 0.425. The van der Waals surface area contributed by atoms with Gasteiger partial charge in [0.15, 0.2) is 0 Å². The van der Waals surface area contributed by atoms with E-state index < -0.39 is 7.12 Å². The van der Waals surface area contributed by atoms with E-state index in [0.717, 1.165) is 5.56 Å². The molecule has 4 nitrogen and oxygen atoms in total. The Bertz CT molecular complexity index is 458. The fraction of sp³-hybridized carbons (Fsp3) is 0. The Morgan fingerprint density at radius 2 is 2.20 bits per heavy atom. The van der Waals surface area contributed by atoms with E-state index in [-0.39, 0.29) is 5.46 Å². The Morgan fingerprint density at radius 3 is 2.80 bits per heavy atom. The highest BCUT2D eigenvalue weighted by molar-refractivity contribution is 6.58. The predicted octanol–water partition coefficient (Wildman–Crippen LogP) is 0.675. The minimum atomic E-state index is -1.56. The van der Waals surface area contributed by atoms with Crippen LogP contribution in [-0.4, -0.2) is 22.2 Å². The van der Waals surface area contributed by atoms with E-state index in [4.69, 9.17) is 26.1 Å². The van der Waals surface area contributed by atoms with Crippen molar-refractivity contribution < 1.29 is 14.5 Å². The number of aromatic nitrogens is 1. The molecule has 2 N–H and O–H groups in total. The normalized spacial score (nSPS) is 10.3. The van der Waals surface area contributed by atoms with Crippen LogP contribution in [0, 0.1) is 0 Å². The Kier molecular flexibility index (Phi) is 2.77. The third-order valence-electron chi connectivity index (χ3n) is 1.99. The summed E-state index contributed by atoms with van der Waals surface area (Å²) in [7, 11) is -1.56. The van der Waals surface area contributed by atoms with E-state index in [1.807, 2.05) is 0 Å². The van der Waals surface area contributed by atoms with Gasteiger partial charge in [0, 0.05) is 22.8 Å². The molecule has 76 valence electrons. The molecule has 0 radical (unpaired) electrons. The smallest absolute Gasteiger partial charge is 0.472 e. The van der Waals surface area contributed by atoms with Gasteiger partial charge >= 0.3 is 7.12 Å². The van der Waals surface area contributed by atoms with Crippen LogP contribution in [0.15, 0.2) is 35.3 Å². The number of rotatable bonds is 2. The molecule has 0 amide bonds. The molecule has 2 rings (SSSR count). The molecule has 2 aromatic rings. The molecule has 0 fully saturated rings. The molecule has 0 aliphatic carbocycles. The molecule has 0 bridgehead atoms. The highest BCUT2D eigenvalue weighted by Crippen LogP contribution is 2.25. The SMILES string of the molecule is OB(O)c1cnc(Cl)c(-c2ccoc2)c1. The van der Waals surface area contributed by atoms with Crippen LogP contribution in [0.5, 0.6) is 0 Å². The standard InChI is InChI=1S/C9H7BClNO3/c11-9-8(6-1-2-15-5-6)3-7(4-12-9)10(13)14/h1-5,13-14H. The molecule has 0 saturated carbocycles. The molecule has 0 aliphatic rings. The third kappa shape index (κ3) is 2.04. The van der Waals surface area contributed by atoms with Crippen molar-refractivity contribution in [1.29, 1.82) is 0 Å². The average Bonchev–Trinajstić information content (AvgIpc) is 2.71. The number of nitrogens with zero attached hydrogens (tertiary/aromatic N) is 1. The van der Waals surface area contributed by atoms with Gasteiger partial charge in [-0.05, 0) is 12.1 Å². The van der Waals surface area contributed by atoms with E-state index in [2.05, 4.69) is 4.98 Å². The molecular formula is C9H7BClNO3. The summed E-state index contributed by atoms with van der Waals surface area (Å²) in [6, 6.07) is 3.28. The molecule has 0 spiro atoms. The van der Waals surface area contributed by atoms with Crippen molar-refractivity contribution in [2.75, 3.05) is 0 Å². The molecule has 15 heavy (non-hydrogen) atoms. The third-order valence-corrected chi connectivity index (χ3v) is 2.29. The lowest BCUT2D eigenvalue weighted by Crippen LogP contribution is -2.30. The van der Waals surface area contributed by atoms with E-state index in [1.54, 1.807) is 12.1 Å². The van der Waals surface area contributed by atoms with Crippen LogP contribution in [0.25, 0.3) is 11.1 Å². The van der Waals surface area contributed by atoms with Gasteiger partial charge in [-0.2, -0.15) is 0 Å². The molecule has 6 heteroatoms. The number of hydrogen-bond acceptors (Lipinski definition) is 4. The number of hydrogen-bond donors (Lipinski definition) is 2. The Morgan fingerprint density at radius 1 is 1.40 bits per heavy atom. The lowest BCUT2D eigenvalue weighted by Gasteiger charge is -2.03. The zero-order valence-corrected chi connectivity index (χ0v) is 8.35. The largest absolute Gasteiger partial charge is 0.490 e.